The summed E-state index contributed by atoms with van der Waals surface area (Å²) in [5, 5.41) is 5.36. The second kappa shape index (κ2) is 4.04. The first-order valence-electron chi connectivity index (χ1n) is 6.97. The second-order valence-corrected chi connectivity index (χ2v) is 5.45. The highest BCUT2D eigenvalue weighted by Gasteiger charge is 2.13. The molecule has 0 bridgehead atoms. The summed E-state index contributed by atoms with van der Waals surface area (Å²) in [4.78, 5) is 0. The highest BCUT2D eigenvalue weighted by Crippen LogP contribution is 2.30. The van der Waals surface area contributed by atoms with E-state index in [9.17, 15) is 0 Å². The maximum atomic E-state index is 2.32. The van der Waals surface area contributed by atoms with Crippen LogP contribution >= 0.6 is 0 Å². The fraction of sp³-hybridized carbons (Fsp3) is 0.105. The van der Waals surface area contributed by atoms with Crippen molar-refractivity contribution in [2.45, 2.75) is 13.8 Å². The van der Waals surface area contributed by atoms with Crippen LogP contribution in [0.4, 0.5) is 0 Å². The molecule has 2 aromatic heterocycles. The van der Waals surface area contributed by atoms with E-state index in [0.29, 0.717) is 0 Å². The zero-order valence-corrected chi connectivity index (χ0v) is 11.7. The van der Waals surface area contributed by atoms with E-state index in [1.807, 2.05) is 0 Å². The first kappa shape index (κ1) is 11.4. The summed E-state index contributed by atoms with van der Waals surface area (Å²) in [6.45, 7) is 4.41. The van der Waals surface area contributed by atoms with Gasteiger partial charge in [-0.1, -0.05) is 30.3 Å². The molecule has 0 fully saturated rings. The van der Waals surface area contributed by atoms with Crippen LogP contribution in [-0.2, 0) is 0 Å². The standard InChI is InChI=1S/C19H16N/c1-13-11-17-14(2)19-9-5-6-10-20(19)12-18(17)16-8-4-3-7-15(13)16/h3-12H,1-2H3/q+1. The molecule has 0 aliphatic carbocycles. The Morgan fingerprint density at radius 1 is 0.750 bits per heavy atom. The van der Waals surface area contributed by atoms with E-state index in [-0.39, 0.29) is 0 Å². The molecule has 4 rings (SSSR count). The van der Waals surface area contributed by atoms with Gasteiger partial charge in [-0.25, -0.2) is 0 Å². The van der Waals surface area contributed by atoms with Gasteiger partial charge >= 0.3 is 0 Å². The number of nitrogens with zero attached hydrogens (tertiary/aromatic N) is 1. The Hall–Kier alpha value is -2.41. The average Bonchev–Trinajstić information content (AvgIpc) is 2.49. The summed E-state index contributed by atoms with van der Waals surface area (Å²) in [5.41, 5.74) is 3.96. The molecule has 0 N–H and O–H groups in total. The van der Waals surface area contributed by atoms with Crippen LogP contribution in [-0.4, -0.2) is 0 Å². The molecule has 0 atom stereocenters. The quantitative estimate of drug-likeness (QED) is 0.251. The summed E-state index contributed by atoms with van der Waals surface area (Å²) >= 11 is 0. The lowest BCUT2D eigenvalue weighted by atomic mass is 9.96. The number of rotatable bonds is 0. The lowest BCUT2D eigenvalue weighted by molar-refractivity contribution is -0.510. The summed E-state index contributed by atoms with van der Waals surface area (Å²) in [6, 6.07) is 17.3. The zero-order chi connectivity index (χ0) is 13.7. The molecule has 2 heterocycles. The number of pyridine rings is 2. The van der Waals surface area contributed by atoms with Gasteiger partial charge in [0, 0.05) is 17.7 Å². The minimum atomic E-state index is 1.27. The number of benzene rings is 2. The molecule has 0 unspecified atom stereocenters. The molecule has 1 nitrogen and oxygen atoms in total. The van der Waals surface area contributed by atoms with Crippen molar-refractivity contribution in [2.75, 3.05) is 0 Å². The minimum Gasteiger partial charge on any atom is -0.166 e. The van der Waals surface area contributed by atoms with Crippen LogP contribution in [0.3, 0.4) is 0 Å². The van der Waals surface area contributed by atoms with Gasteiger partial charge in [-0.2, -0.15) is 4.40 Å². The topological polar surface area (TPSA) is 4.10 Å². The number of fused-ring (bicyclic) bond motifs is 4. The summed E-state index contributed by atoms with van der Waals surface area (Å²) in [7, 11) is 0. The molecule has 4 aromatic rings. The van der Waals surface area contributed by atoms with Crippen molar-refractivity contribution in [2.24, 2.45) is 0 Å². The molecule has 0 spiro atoms. The SMILES string of the molecule is Cc1cc2c(C)c3cccc[n+]3cc2c2ccccc12. The van der Waals surface area contributed by atoms with Gasteiger partial charge in [0.05, 0.1) is 5.39 Å². The molecular weight excluding hydrogens is 242 g/mol. The third-order valence-corrected chi connectivity index (χ3v) is 4.24. The summed E-state index contributed by atoms with van der Waals surface area (Å²) < 4.78 is 2.22. The van der Waals surface area contributed by atoms with Gasteiger partial charge in [-0.15, -0.1) is 0 Å². The summed E-state index contributed by atoms with van der Waals surface area (Å²) in [5.74, 6) is 0. The largest absolute Gasteiger partial charge is 0.214 e. The number of aryl methyl sites for hydroxylation is 2. The van der Waals surface area contributed by atoms with Crippen molar-refractivity contribution in [3.63, 3.8) is 0 Å². The van der Waals surface area contributed by atoms with Crippen LogP contribution in [0.1, 0.15) is 11.1 Å². The molecule has 0 amide bonds. The fourth-order valence-corrected chi connectivity index (χ4v) is 3.19. The van der Waals surface area contributed by atoms with Gasteiger partial charge < -0.3 is 0 Å². The molecule has 0 saturated heterocycles. The van der Waals surface area contributed by atoms with Crippen molar-refractivity contribution in [1.82, 2.24) is 0 Å². The molecular formula is C19H16N+. The highest BCUT2D eigenvalue weighted by molar-refractivity contribution is 6.10. The van der Waals surface area contributed by atoms with Crippen molar-refractivity contribution >= 4 is 27.1 Å². The number of hydrogen-bond acceptors (Lipinski definition) is 0. The van der Waals surface area contributed by atoms with Crippen molar-refractivity contribution < 1.29 is 4.40 Å². The Labute approximate surface area is 118 Å². The Kier molecular flexibility index (Phi) is 2.31. The van der Waals surface area contributed by atoms with E-state index in [1.54, 1.807) is 0 Å². The molecule has 0 aliphatic rings. The molecule has 20 heavy (non-hydrogen) atoms. The lowest BCUT2D eigenvalue weighted by Crippen LogP contribution is -2.21. The van der Waals surface area contributed by atoms with Gasteiger partial charge in [0.15, 0.2) is 12.4 Å². The molecule has 2 aromatic carbocycles. The van der Waals surface area contributed by atoms with Crippen LogP contribution in [0.2, 0.25) is 0 Å². The monoisotopic (exact) mass is 258 g/mol. The fourth-order valence-electron chi connectivity index (χ4n) is 3.19. The molecule has 1 heteroatoms. The Morgan fingerprint density at radius 2 is 1.50 bits per heavy atom. The maximum absolute atomic E-state index is 2.32. The van der Waals surface area contributed by atoms with E-state index >= 15 is 0 Å². The molecule has 0 aliphatic heterocycles. The van der Waals surface area contributed by atoms with E-state index in [1.165, 1.54) is 38.2 Å². The predicted octanol–water partition coefficient (Wildman–Crippen LogP) is 4.35. The van der Waals surface area contributed by atoms with E-state index in [0.717, 1.165) is 0 Å². The number of aromatic nitrogens is 1. The smallest absolute Gasteiger partial charge is 0.166 e. The van der Waals surface area contributed by atoms with Crippen LogP contribution in [0.5, 0.6) is 0 Å². The minimum absolute atomic E-state index is 1.27. The Bertz CT molecular complexity index is 961. The third-order valence-electron chi connectivity index (χ3n) is 4.24. The first-order chi connectivity index (χ1) is 9.75. The van der Waals surface area contributed by atoms with Crippen LogP contribution in [0.25, 0.3) is 27.1 Å². The van der Waals surface area contributed by atoms with Crippen molar-refractivity contribution in [3.05, 3.63) is 72.1 Å². The van der Waals surface area contributed by atoms with Gasteiger partial charge in [-0.05, 0) is 41.6 Å². The molecule has 96 valence electrons. The van der Waals surface area contributed by atoms with Crippen molar-refractivity contribution in [3.8, 4) is 0 Å². The third kappa shape index (κ3) is 1.47. The maximum Gasteiger partial charge on any atom is 0.214 e. The van der Waals surface area contributed by atoms with E-state index in [2.05, 4.69) is 79.2 Å². The molecule has 0 radical (unpaired) electrons. The first-order valence-corrected chi connectivity index (χ1v) is 6.97. The van der Waals surface area contributed by atoms with Gasteiger partial charge in [0.1, 0.15) is 0 Å². The lowest BCUT2D eigenvalue weighted by Gasteiger charge is -2.08. The van der Waals surface area contributed by atoms with Gasteiger partial charge in [0.25, 0.3) is 0 Å². The summed E-state index contributed by atoms with van der Waals surface area (Å²) in [6.07, 6.45) is 4.37. The normalized spacial score (nSPS) is 11.5. The number of hydrogen-bond donors (Lipinski definition) is 0. The van der Waals surface area contributed by atoms with Gasteiger partial charge in [-0.3, -0.25) is 0 Å². The van der Waals surface area contributed by atoms with Crippen molar-refractivity contribution in [1.29, 1.82) is 0 Å². The predicted molar refractivity (Wildman–Crippen MR) is 84.1 cm³/mol. The van der Waals surface area contributed by atoms with E-state index < -0.39 is 0 Å². The highest BCUT2D eigenvalue weighted by atomic mass is 14.8. The van der Waals surface area contributed by atoms with E-state index in [4.69, 9.17) is 0 Å². The van der Waals surface area contributed by atoms with Crippen LogP contribution in [0.15, 0.2) is 60.9 Å². The average molecular weight is 258 g/mol. The molecule has 0 saturated carbocycles. The van der Waals surface area contributed by atoms with Crippen LogP contribution < -0.4 is 4.40 Å². The zero-order valence-electron chi connectivity index (χ0n) is 11.7. The second-order valence-electron chi connectivity index (χ2n) is 5.45. The Balaban J connectivity index is 2.34. The van der Waals surface area contributed by atoms with Gasteiger partial charge in [0.2, 0.25) is 5.52 Å². The van der Waals surface area contributed by atoms with Crippen LogP contribution in [0, 0.1) is 13.8 Å². The Morgan fingerprint density at radius 3 is 2.35 bits per heavy atom.